The quantitative estimate of drug-likeness (QED) is 0.616. The van der Waals surface area contributed by atoms with Gasteiger partial charge in [0.25, 0.3) is 0 Å². The van der Waals surface area contributed by atoms with Crippen LogP contribution < -0.4 is 4.74 Å². The molecular weight excluding hydrogens is 258 g/mol. The maximum Gasteiger partial charge on any atom is 0.120 e. The molecule has 3 rings (SSSR count). The largest absolute Gasteiger partial charge is 0.489 e. The Morgan fingerprint density at radius 3 is 2.86 bits per heavy atom. The molecule has 106 valence electrons. The van der Waals surface area contributed by atoms with Crippen molar-refractivity contribution in [1.82, 2.24) is 4.57 Å². The molecule has 1 aromatic heterocycles. The number of rotatable bonds is 5. The van der Waals surface area contributed by atoms with Gasteiger partial charge in [0.15, 0.2) is 0 Å². The van der Waals surface area contributed by atoms with Crippen LogP contribution in [0.15, 0.2) is 67.4 Å². The molecule has 0 saturated heterocycles. The van der Waals surface area contributed by atoms with Crippen LogP contribution in [0.3, 0.4) is 0 Å². The fraction of sp³-hybridized carbons (Fsp3) is 0.158. The highest BCUT2D eigenvalue weighted by Gasteiger charge is 2.02. The molecule has 2 nitrogen and oxygen atoms in total. The highest BCUT2D eigenvalue weighted by molar-refractivity contribution is 5.81. The fourth-order valence-electron chi connectivity index (χ4n) is 2.53. The van der Waals surface area contributed by atoms with Crippen LogP contribution in [-0.4, -0.2) is 4.57 Å². The molecule has 0 atom stereocenters. The third kappa shape index (κ3) is 3.00. The van der Waals surface area contributed by atoms with Crippen molar-refractivity contribution in [2.24, 2.45) is 0 Å². The standard InChI is InChI=1S/C19H19NO/c1-3-10-20-11-9-17-13-18(7-8-19(17)20)21-14-16-6-4-5-15(2)12-16/h3-9,11-13H,1,10,14H2,2H3. The normalized spacial score (nSPS) is 10.7. The van der Waals surface area contributed by atoms with Crippen LogP contribution in [0, 0.1) is 6.92 Å². The molecule has 0 amide bonds. The summed E-state index contributed by atoms with van der Waals surface area (Å²) in [4.78, 5) is 0. The first-order valence-corrected chi connectivity index (χ1v) is 7.14. The molecule has 2 heteroatoms. The topological polar surface area (TPSA) is 14.2 Å². The van der Waals surface area contributed by atoms with Crippen molar-refractivity contribution in [2.45, 2.75) is 20.1 Å². The molecule has 0 aliphatic heterocycles. The number of benzene rings is 2. The van der Waals surface area contributed by atoms with E-state index in [-0.39, 0.29) is 0 Å². The van der Waals surface area contributed by atoms with Crippen LogP contribution >= 0.6 is 0 Å². The molecule has 0 N–H and O–H groups in total. The van der Waals surface area contributed by atoms with Crippen molar-refractivity contribution in [3.05, 3.63) is 78.5 Å². The average molecular weight is 277 g/mol. The van der Waals surface area contributed by atoms with E-state index in [1.807, 2.05) is 12.1 Å². The minimum atomic E-state index is 0.598. The van der Waals surface area contributed by atoms with Crippen molar-refractivity contribution in [3.63, 3.8) is 0 Å². The molecule has 0 aliphatic rings. The van der Waals surface area contributed by atoms with Crippen LogP contribution in [-0.2, 0) is 13.2 Å². The van der Waals surface area contributed by atoms with E-state index in [0.717, 1.165) is 12.3 Å². The second-order valence-corrected chi connectivity index (χ2v) is 5.26. The summed E-state index contributed by atoms with van der Waals surface area (Å²) >= 11 is 0. The lowest BCUT2D eigenvalue weighted by molar-refractivity contribution is 0.306. The zero-order chi connectivity index (χ0) is 14.7. The zero-order valence-electron chi connectivity index (χ0n) is 12.3. The van der Waals surface area contributed by atoms with E-state index >= 15 is 0 Å². The number of aryl methyl sites for hydroxylation is 1. The van der Waals surface area contributed by atoms with Crippen molar-refractivity contribution in [2.75, 3.05) is 0 Å². The predicted molar refractivity (Wildman–Crippen MR) is 87.6 cm³/mol. The molecule has 0 unspecified atom stereocenters. The smallest absolute Gasteiger partial charge is 0.120 e. The molecule has 0 spiro atoms. The lowest BCUT2D eigenvalue weighted by Crippen LogP contribution is -1.96. The second-order valence-electron chi connectivity index (χ2n) is 5.26. The predicted octanol–water partition coefficient (Wildman–Crippen LogP) is 4.71. The summed E-state index contributed by atoms with van der Waals surface area (Å²) in [5, 5.41) is 1.19. The summed E-state index contributed by atoms with van der Waals surface area (Å²) in [5.74, 6) is 0.903. The Hall–Kier alpha value is -2.48. The first kappa shape index (κ1) is 13.5. The number of allylic oxidation sites excluding steroid dienone is 1. The molecule has 0 fully saturated rings. The maximum atomic E-state index is 5.89. The van der Waals surface area contributed by atoms with Crippen LogP contribution in [0.5, 0.6) is 5.75 Å². The molecule has 1 heterocycles. The van der Waals surface area contributed by atoms with Crippen LogP contribution in [0.4, 0.5) is 0 Å². The SMILES string of the molecule is C=CCn1ccc2cc(OCc3cccc(C)c3)ccc21. The Labute approximate surface area is 125 Å². The summed E-state index contributed by atoms with van der Waals surface area (Å²) in [7, 11) is 0. The Morgan fingerprint density at radius 1 is 1.14 bits per heavy atom. The van der Waals surface area contributed by atoms with Crippen LogP contribution in [0.1, 0.15) is 11.1 Å². The number of aromatic nitrogens is 1. The summed E-state index contributed by atoms with van der Waals surface area (Å²) in [6.45, 7) is 7.30. The number of ether oxygens (including phenoxy) is 1. The number of nitrogens with zero attached hydrogens (tertiary/aromatic N) is 1. The van der Waals surface area contributed by atoms with Gasteiger partial charge in [0.05, 0.1) is 0 Å². The van der Waals surface area contributed by atoms with Gasteiger partial charge in [-0.1, -0.05) is 35.9 Å². The lowest BCUT2D eigenvalue weighted by Gasteiger charge is -2.08. The third-order valence-electron chi connectivity index (χ3n) is 3.56. The monoisotopic (exact) mass is 277 g/mol. The summed E-state index contributed by atoms with van der Waals surface area (Å²) in [6, 6.07) is 16.7. The van der Waals surface area contributed by atoms with Gasteiger partial charge in [0, 0.05) is 23.6 Å². The van der Waals surface area contributed by atoms with E-state index in [2.05, 4.69) is 66.7 Å². The summed E-state index contributed by atoms with van der Waals surface area (Å²) < 4.78 is 8.07. The molecule has 0 saturated carbocycles. The van der Waals surface area contributed by atoms with Crippen LogP contribution in [0.2, 0.25) is 0 Å². The number of hydrogen-bond donors (Lipinski definition) is 0. The van der Waals surface area contributed by atoms with Gasteiger partial charge in [-0.15, -0.1) is 6.58 Å². The maximum absolute atomic E-state index is 5.89. The number of hydrogen-bond acceptors (Lipinski definition) is 1. The minimum absolute atomic E-state index is 0.598. The van der Waals surface area contributed by atoms with Gasteiger partial charge in [-0.3, -0.25) is 0 Å². The molecule has 3 aromatic rings. The van der Waals surface area contributed by atoms with Gasteiger partial charge in [0.1, 0.15) is 12.4 Å². The first-order chi connectivity index (χ1) is 10.3. The number of fused-ring (bicyclic) bond motifs is 1. The molecular formula is C19H19NO. The Bertz CT molecular complexity index is 770. The van der Waals surface area contributed by atoms with E-state index in [1.54, 1.807) is 0 Å². The highest BCUT2D eigenvalue weighted by atomic mass is 16.5. The fourth-order valence-corrected chi connectivity index (χ4v) is 2.53. The van der Waals surface area contributed by atoms with E-state index < -0.39 is 0 Å². The van der Waals surface area contributed by atoms with Gasteiger partial charge in [-0.2, -0.15) is 0 Å². The van der Waals surface area contributed by atoms with E-state index in [1.165, 1.54) is 22.0 Å². The average Bonchev–Trinajstić information content (AvgIpc) is 2.88. The zero-order valence-corrected chi connectivity index (χ0v) is 12.3. The molecule has 2 aromatic carbocycles. The molecule has 0 bridgehead atoms. The van der Waals surface area contributed by atoms with E-state index in [4.69, 9.17) is 4.74 Å². The van der Waals surface area contributed by atoms with Crippen molar-refractivity contribution in [1.29, 1.82) is 0 Å². The van der Waals surface area contributed by atoms with Gasteiger partial charge in [-0.25, -0.2) is 0 Å². The Morgan fingerprint density at radius 2 is 2.05 bits per heavy atom. The van der Waals surface area contributed by atoms with Crippen LogP contribution in [0.25, 0.3) is 10.9 Å². The van der Waals surface area contributed by atoms with Gasteiger partial charge < -0.3 is 9.30 Å². The van der Waals surface area contributed by atoms with E-state index in [0.29, 0.717) is 6.61 Å². The molecule has 21 heavy (non-hydrogen) atoms. The van der Waals surface area contributed by atoms with Gasteiger partial charge >= 0.3 is 0 Å². The summed E-state index contributed by atoms with van der Waals surface area (Å²) in [5.41, 5.74) is 3.66. The summed E-state index contributed by atoms with van der Waals surface area (Å²) in [6.07, 6.45) is 3.98. The van der Waals surface area contributed by atoms with Crippen molar-refractivity contribution in [3.8, 4) is 5.75 Å². The lowest BCUT2D eigenvalue weighted by atomic mass is 10.1. The molecule has 0 radical (unpaired) electrons. The highest BCUT2D eigenvalue weighted by Crippen LogP contribution is 2.23. The Kier molecular flexibility index (Phi) is 3.78. The Balaban J connectivity index is 1.77. The van der Waals surface area contributed by atoms with Gasteiger partial charge in [-0.05, 0) is 36.8 Å². The minimum Gasteiger partial charge on any atom is -0.489 e. The first-order valence-electron chi connectivity index (χ1n) is 7.14. The molecule has 0 aliphatic carbocycles. The van der Waals surface area contributed by atoms with Crippen molar-refractivity contribution < 1.29 is 4.74 Å². The van der Waals surface area contributed by atoms with Crippen molar-refractivity contribution >= 4 is 10.9 Å². The van der Waals surface area contributed by atoms with E-state index in [9.17, 15) is 0 Å². The third-order valence-corrected chi connectivity index (χ3v) is 3.56. The second kappa shape index (κ2) is 5.88. The van der Waals surface area contributed by atoms with Gasteiger partial charge in [0.2, 0.25) is 0 Å².